The van der Waals surface area contributed by atoms with Gasteiger partial charge in [-0.2, -0.15) is 0 Å². The molecule has 0 amide bonds. The largest absolute Gasteiger partial charge is 0.497 e. The molecule has 0 aliphatic carbocycles. The quantitative estimate of drug-likeness (QED) is 0.357. The predicted octanol–water partition coefficient (Wildman–Crippen LogP) is 5.04. The van der Waals surface area contributed by atoms with E-state index in [0.29, 0.717) is 11.6 Å². The Morgan fingerprint density at radius 2 is 1.97 bits per heavy atom. The van der Waals surface area contributed by atoms with Gasteiger partial charge >= 0.3 is 0 Å². The molecular formula is C24H30N4O3. The number of nitrogens with zero attached hydrogens (tertiary/aromatic N) is 4. The zero-order valence-electron chi connectivity index (χ0n) is 18.7. The summed E-state index contributed by atoms with van der Waals surface area (Å²) in [7, 11) is 1.64. The van der Waals surface area contributed by atoms with E-state index in [4.69, 9.17) is 13.9 Å². The minimum atomic E-state index is 0.0890. The minimum absolute atomic E-state index is 0.0890. The van der Waals surface area contributed by atoms with Crippen molar-refractivity contribution in [2.24, 2.45) is 0 Å². The highest BCUT2D eigenvalue weighted by molar-refractivity contribution is 5.83. The van der Waals surface area contributed by atoms with Crippen LogP contribution in [0.1, 0.15) is 33.6 Å². The van der Waals surface area contributed by atoms with Crippen molar-refractivity contribution < 1.29 is 13.9 Å². The third-order valence-corrected chi connectivity index (χ3v) is 5.62. The molecule has 0 saturated heterocycles. The van der Waals surface area contributed by atoms with Crippen molar-refractivity contribution in [3.63, 3.8) is 0 Å². The summed E-state index contributed by atoms with van der Waals surface area (Å²) in [6, 6.07) is 11.6. The predicted molar refractivity (Wildman–Crippen MR) is 122 cm³/mol. The van der Waals surface area contributed by atoms with Gasteiger partial charge in [0.2, 0.25) is 5.88 Å². The summed E-state index contributed by atoms with van der Waals surface area (Å²) < 4.78 is 19.2. The van der Waals surface area contributed by atoms with Crippen LogP contribution in [0.15, 0.2) is 47.0 Å². The summed E-state index contributed by atoms with van der Waals surface area (Å²) in [4.78, 5) is 6.89. The smallest absolute Gasteiger partial charge is 0.232 e. The van der Waals surface area contributed by atoms with Crippen molar-refractivity contribution in [3.05, 3.63) is 42.6 Å². The van der Waals surface area contributed by atoms with Gasteiger partial charge in [-0.05, 0) is 63.7 Å². The van der Waals surface area contributed by atoms with E-state index in [-0.39, 0.29) is 6.10 Å². The molecule has 0 spiro atoms. The van der Waals surface area contributed by atoms with Crippen LogP contribution >= 0.6 is 0 Å². The van der Waals surface area contributed by atoms with E-state index in [0.717, 1.165) is 60.5 Å². The molecule has 3 aromatic heterocycles. The summed E-state index contributed by atoms with van der Waals surface area (Å²) in [6.07, 6.45) is 3.95. The Morgan fingerprint density at radius 1 is 1.13 bits per heavy atom. The number of fused-ring (bicyclic) bond motifs is 2. The first-order valence-corrected chi connectivity index (χ1v) is 10.9. The summed E-state index contributed by atoms with van der Waals surface area (Å²) in [5.74, 6) is 2.04. The van der Waals surface area contributed by atoms with E-state index in [1.807, 2.05) is 36.4 Å². The number of imidazole rings is 1. The van der Waals surface area contributed by atoms with Crippen LogP contribution in [0.5, 0.6) is 11.6 Å². The van der Waals surface area contributed by atoms with Crippen LogP contribution in [0.25, 0.3) is 28.1 Å². The third kappa shape index (κ3) is 4.66. The van der Waals surface area contributed by atoms with Gasteiger partial charge in [0.25, 0.3) is 0 Å². The fraction of sp³-hybridized carbons (Fsp3) is 0.417. The zero-order chi connectivity index (χ0) is 21.8. The molecule has 4 rings (SSSR count). The van der Waals surface area contributed by atoms with Crippen LogP contribution in [0, 0.1) is 0 Å². The Morgan fingerprint density at radius 3 is 2.74 bits per heavy atom. The highest BCUT2D eigenvalue weighted by atomic mass is 16.5. The fourth-order valence-electron chi connectivity index (χ4n) is 3.76. The van der Waals surface area contributed by atoms with Gasteiger partial charge in [-0.3, -0.25) is 0 Å². The lowest BCUT2D eigenvalue weighted by atomic mass is 10.2. The van der Waals surface area contributed by atoms with Gasteiger partial charge in [0.05, 0.1) is 19.4 Å². The highest BCUT2D eigenvalue weighted by Crippen LogP contribution is 2.30. The summed E-state index contributed by atoms with van der Waals surface area (Å²) in [5.41, 5.74) is 2.29. The lowest BCUT2D eigenvalue weighted by molar-refractivity contribution is 0.186. The molecule has 1 aromatic carbocycles. The molecular weight excluding hydrogens is 392 g/mol. The molecule has 3 heterocycles. The summed E-state index contributed by atoms with van der Waals surface area (Å²) in [5, 5.41) is 5.67. The van der Waals surface area contributed by atoms with Crippen molar-refractivity contribution in [2.75, 3.05) is 26.7 Å². The average molecular weight is 423 g/mol. The first kappa shape index (κ1) is 21.2. The molecule has 0 bridgehead atoms. The number of ether oxygens (including phenoxy) is 2. The normalized spacial score (nSPS) is 12.7. The van der Waals surface area contributed by atoms with E-state index in [1.165, 1.54) is 0 Å². The van der Waals surface area contributed by atoms with Crippen LogP contribution in [-0.2, 0) is 0 Å². The maximum absolute atomic E-state index is 6.10. The molecule has 0 aliphatic rings. The Bertz CT molecular complexity index is 1150. The molecule has 1 unspecified atom stereocenters. The van der Waals surface area contributed by atoms with Crippen molar-refractivity contribution in [2.45, 2.75) is 39.7 Å². The molecule has 0 saturated carbocycles. The Kier molecular flexibility index (Phi) is 6.42. The number of aromatic nitrogens is 3. The van der Waals surface area contributed by atoms with Crippen LogP contribution in [-0.4, -0.2) is 52.3 Å². The van der Waals surface area contributed by atoms with Gasteiger partial charge in [-0.25, -0.2) is 9.50 Å². The van der Waals surface area contributed by atoms with Gasteiger partial charge in [0.1, 0.15) is 17.0 Å². The second kappa shape index (κ2) is 9.39. The van der Waals surface area contributed by atoms with Gasteiger partial charge < -0.3 is 18.8 Å². The molecule has 164 valence electrons. The highest BCUT2D eigenvalue weighted by Gasteiger charge is 2.15. The molecule has 1 atom stereocenters. The van der Waals surface area contributed by atoms with Crippen molar-refractivity contribution in [1.29, 1.82) is 0 Å². The molecule has 0 radical (unpaired) electrons. The number of hydrogen-bond acceptors (Lipinski definition) is 6. The second-order valence-electron chi connectivity index (χ2n) is 7.70. The molecule has 7 heteroatoms. The average Bonchev–Trinajstić information content (AvgIpc) is 3.39. The van der Waals surface area contributed by atoms with Gasteiger partial charge in [0, 0.05) is 17.5 Å². The Hall–Kier alpha value is -3.06. The van der Waals surface area contributed by atoms with E-state index in [1.54, 1.807) is 17.8 Å². The van der Waals surface area contributed by atoms with Crippen molar-refractivity contribution in [3.8, 4) is 23.1 Å². The number of furan rings is 1. The minimum Gasteiger partial charge on any atom is -0.497 e. The first-order valence-electron chi connectivity index (χ1n) is 10.9. The topological polar surface area (TPSA) is 65.0 Å². The number of benzene rings is 1. The molecule has 31 heavy (non-hydrogen) atoms. The SMILES string of the molecule is CCN(CC)CCCC(C)Oc1ccc2ncc(-c3cc4ccc(OC)cc4o3)n2n1. The van der Waals surface area contributed by atoms with E-state index in [2.05, 4.69) is 35.8 Å². The maximum Gasteiger partial charge on any atom is 0.232 e. The van der Waals surface area contributed by atoms with Crippen LogP contribution in [0.4, 0.5) is 0 Å². The Labute approximate surface area is 182 Å². The number of methoxy groups -OCH3 is 1. The van der Waals surface area contributed by atoms with Crippen LogP contribution in [0.2, 0.25) is 0 Å². The lowest BCUT2D eigenvalue weighted by Crippen LogP contribution is -2.25. The number of hydrogen-bond donors (Lipinski definition) is 0. The molecule has 4 aromatic rings. The van der Waals surface area contributed by atoms with E-state index < -0.39 is 0 Å². The fourth-order valence-corrected chi connectivity index (χ4v) is 3.76. The van der Waals surface area contributed by atoms with E-state index >= 15 is 0 Å². The Balaban J connectivity index is 1.51. The zero-order valence-corrected chi connectivity index (χ0v) is 18.7. The second-order valence-corrected chi connectivity index (χ2v) is 7.70. The van der Waals surface area contributed by atoms with Crippen molar-refractivity contribution in [1.82, 2.24) is 19.5 Å². The third-order valence-electron chi connectivity index (χ3n) is 5.62. The maximum atomic E-state index is 6.10. The molecule has 0 fully saturated rings. The van der Waals surface area contributed by atoms with Crippen LogP contribution in [0.3, 0.4) is 0 Å². The van der Waals surface area contributed by atoms with Gasteiger partial charge in [-0.1, -0.05) is 13.8 Å². The molecule has 7 nitrogen and oxygen atoms in total. The lowest BCUT2D eigenvalue weighted by Gasteiger charge is -2.19. The summed E-state index contributed by atoms with van der Waals surface area (Å²) >= 11 is 0. The van der Waals surface area contributed by atoms with Gasteiger partial charge in [0.15, 0.2) is 11.4 Å². The molecule has 0 N–H and O–H groups in total. The van der Waals surface area contributed by atoms with Crippen LogP contribution < -0.4 is 9.47 Å². The summed E-state index contributed by atoms with van der Waals surface area (Å²) in [6.45, 7) is 9.75. The number of rotatable bonds is 10. The monoisotopic (exact) mass is 422 g/mol. The van der Waals surface area contributed by atoms with E-state index in [9.17, 15) is 0 Å². The first-order chi connectivity index (χ1) is 15.1. The van der Waals surface area contributed by atoms with Gasteiger partial charge in [-0.15, -0.1) is 5.10 Å². The standard InChI is InChI=1S/C24H30N4O3/c1-5-27(6-2)13-7-8-17(3)30-24-12-11-23-25-16-20(28(23)26-24)22-14-18-9-10-19(29-4)15-21(18)31-22/h9-12,14-17H,5-8,13H2,1-4H3. The van der Waals surface area contributed by atoms with Crippen molar-refractivity contribution >= 4 is 16.6 Å². The molecule has 0 aliphatic heterocycles.